The van der Waals surface area contributed by atoms with E-state index in [1.165, 1.54) is 22.5 Å². The summed E-state index contributed by atoms with van der Waals surface area (Å²) >= 11 is 0. The summed E-state index contributed by atoms with van der Waals surface area (Å²) in [5.41, 5.74) is 4.86. The summed E-state index contributed by atoms with van der Waals surface area (Å²) in [5.74, 6) is -0.697. The van der Waals surface area contributed by atoms with Crippen molar-refractivity contribution in [1.82, 2.24) is 4.90 Å². The molecule has 1 unspecified atom stereocenters. The zero-order valence-electron chi connectivity index (χ0n) is 19.0. The second kappa shape index (κ2) is 11.4. The van der Waals surface area contributed by atoms with Crippen molar-refractivity contribution in [2.24, 2.45) is 0 Å². The summed E-state index contributed by atoms with van der Waals surface area (Å²) in [7, 11) is 0. The molecule has 0 aromatic heterocycles. The van der Waals surface area contributed by atoms with E-state index in [1.807, 2.05) is 0 Å². The van der Waals surface area contributed by atoms with Crippen LogP contribution in [0.4, 0.5) is 5.69 Å². The van der Waals surface area contributed by atoms with Gasteiger partial charge in [-0.3, -0.25) is 4.79 Å². The number of benzene rings is 3. The molecule has 0 spiro atoms. The van der Waals surface area contributed by atoms with E-state index in [-0.39, 0.29) is 12.6 Å². The van der Waals surface area contributed by atoms with Crippen LogP contribution in [-0.2, 0) is 4.79 Å². The minimum atomic E-state index is -0.697. The van der Waals surface area contributed by atoms with Crippen LogP contribution in [-0.4, -0.2) is 22.5 Å². The molecule has 4 heteroatoms. The van der Waals surface area contributed by atoms with Crippen molar-refractivity contribution < 1.29 is 9.90 Å². The standard InChI is InChI=1S/C29H32N2O2/c32-28(33)21-13-2-1-3-14-22-30-23-27(24-15-7-4-8-16-24)31(26-19-11-6-12-20-26)29(30)25-17-9-5-10-18-25/h4-12,15-20,23,29H,1-3,13-14,21-22H2,(H,32,33). The van der Waals surface area contributed by atoms with Crippen molar-refractivity contribution in [2.45, 2.75) is 44.7 Å². The Labute approximate surface area is 196 Å². The van der Waals surface area contributed by atoms with Gasteiger partial charge in [0.1, 0.15) is 6.17 Å². The van der Waals surface area contributed by atoms with Gasteiger partial charge in [0.15, 0.2) is 0 Å². The van der Waals surface area contributed by atoms with Gasteiger partial charge in [0.2, 0.25) is 0 Å². The predicted octanol–water partition coefficient (Wildman–Crippen LogP) is 6.93. The fourth-order valence-electron chi connectivity index (χ4n) is 4.51. The number of carbonyl (C=O) groups is 1. The van der Waals surface area contributed by atoms with Gasteiger partial charge in [-0.1, -0.05) is 98.1 Å². The number of aliphatic carboxylic acids is 1. The van der Waals surface area contributed by atoms with E-state index in [2.05, 4.69) is 107 Å². The topological polar surface area (TPSA) is 43.8 Å². The number of carboxylic acids is 1. The van der Waals surface area contributed by atoms with E-state index in [0.717, 1.165) is 38.6 Å². The molecule has 1 atom stereocenters. The summed E-state index contributed by atoms with van der Waals surface area (Å²) in [4.78, 5) is 15.6. The zero-order valence-corrected chi connectivity index (χ0v) is 19.0. The third kappa shape index (κ3) is 5.83. The summed E-state index contributed by atoms with van der Waals surface area (Å²) < 4.78 is 0. The first kappa shape index (κ1) is 22.7. The van der Waals surface area contributed by atoms with Gasteiger partial charge in [-0.2, -0.15) is 0 Å². The van der Waals surface area contributed by atoms with Crippen molar-refractivity contribution in [3.8, 4) is 0 Å². The fraction of sp³-hybridized carbons (Fsp3) is 0.276. The first-order valence-electron chi connectivity index (χ1n) is 11.9. The monoisotopic (exact) mass is 440 g/mol. The Hall–Kier alpha value is -3.53. The van der Waals surface area contributed by atoms with Gasteiger partial charge in [-0.05, 0) is 36.1 Å². The number of hydrogen-bond acceptors (Lipinski definition) is 3. The highest BCUT2D eigenvalue weighted by Crippen LogP contribution is 2.42. The summed E-state index contributed by atoms with van der Waals surface area (Å²) in [6.45, 7) is 0.957. The molecule has 3 aromatic carbocycles. The number of anilines is 1. The summed E-state index contributed by atoms with van der Waals surface area (Å²) in [6.07, 6.45) is 7.70. The van der Waals surface area contributed by atoms with Crippen LogP contribution in [0.5, 0.6) is 0 Å². The van der Waals surface area contributed by atoms with E-state index < -0.39 is 5.97 Å². The second-order valence-corrected chi connectivity index (χ2v) is 8.52. The van der Waals surface area contributed by atoms with Gasteiger partial charge in [0.25, 0.3) is 0 Å². The molecule has 1 heterocycles. The maximum absolute atomic E-state index is 10.7. The second-order valence-electron chi connectivity index (χ2n) is 8.52. The Morgan fingerprint density at radius 1 is 0.727 bits per heavy atom. The summed E-state index contributed by atoms with van der Waals surface area (Å²) in [5, 5.41) is 8.82. The Morgan fingerprint density at radius 2 is 1.30 bits per heavy atom. The molecule has 0 amide bonds. The fourth-order valence-corrected chi connectivity index (χ4v) is 4.51. The van der Waals surface area contributed by atoms with Crippen LogP contribution in [0.25, 0.3) is 5.70 Å². The third-order valence-electron chi connectivity index (χ3n) is 6.11. The van der Waals surface area contributed by atoms with Crippen molar-refractivity contribution >= 4 is 17.4 Å². The van der Waals surface area contributed by atoms with Gasteiger partial charge in [-0.25, -0.2) is 0 Å². The van der Waals surface area contributed by atoms with Crippen LogP contribution < -0.4 is 4.90 Å². The lowest BCUT2D eigenvalue weighted by Gasteiger charge is -2.35. The molecule has 0 radical (unpaired) electrons. The highest BCUT2D eigenvalue weighted by Gasteiger charge is 2.34. The van der Waals surface area contributed by atoms with Crippen LogP contribution in [0.3, 0.4) is 0 Å². The lowest BCUT2D eigenvalue weighted by atomic mass is 10.1. The Bertz CT molecular complexity index is 1030. The number of rotatable bonds is 11. The highest BCUT2D eigenvalue weighted by atomic mass is 16.4. The van der Waals surface area contributed by atoms with Crippen molar-refractivity contribution in [3.05, 3.63) is 108 Å². The smallest absolute Gasteiger partial charge is 0.303 e. The van der Waals surface area contributed by atoms with E-state index in [9.17, 15) is 4.79 Å². The molecule has 3 aromatic rings. The van der Waals surface area contributed by atoms with Gasteiger partial charge < -0.3 is 14.9 Å². The molecule has 0 bridgehead atoms. The normalized spacial score (nSPS) is 15.5. The molecule has 0 aliphatic carbocycles. The summed E-state index contributed by atoms with van der Waals surface area (Å²) in [6, 6.07) is 31.9. The average Bonchev–Trinajstić information content (AvgIpc) is 3.24. The van der Waals surface area contributed by atoms with Gasteiger partial charge in [0, 0.05) is 24.9 Å². The van der Waals surface area contributed by atoms with Crippen LogP contribution in [0.1, 0.15) is 55.8 Å². The molecule has 0 saturated heterocycles. The lowest BCUT2D eigenvalue weighted by molar-refractivity contribution is -0.137. The maximum Gasteiger partial charge on any atom is 0.303 e. The minimum absolute atomic E-state index is 0.0933. The van der Waals surface area contributed by atoms with E-state index in [4.69, 9.17) is 5.11 Å². The molecular weight excluding hydrogens is 408 g/mol. The van der Waals surface area contributed by atoms with Gasteiger partial charge in [0.05, 0.1) is 5.70 Å². The van der Waals surface area contributed by atoms with Crippen LogP contribution in [0.15, 0.2) is 97.2 Å². The molecule has 4 nitrogen and oxygen atoms in total. The number of para-hydroxylation sites is 1. The van der Waals surface area contributed by atoms with Crippen molar-refractivity contribution in [1.29, 1.82) is 0 Å². The molecular formula is C29H32N2O2. The van der Waals surface area contributed by atoms with Crippen molar-refractivity contribution in [3.63, 3.8) is 0 Å². The Kier molecular flexibility index (Phi) is 7.81. The van der Waals surface area contributed by atoms with Crippen LogP contribution in [0.2, 0.25) is 0 Å². The van der Waals surface area contributed by atoms with E-state index >= 15 is 0 Å². The average molecular weight is 441 g/mol. The number of hydrogen-bond donors (Lipinski definition) is 1. The maximum atomic E-state index is 10.7. The van der Waals surface area contributed by atoms with Crippen LogP contribution in [0, 0.1) is 0 Å². The number of nitrogens with zero attached hydrogens (tertiary/aromatic N) is 2. The SMILES string of the molecule is O=C(O)CCCCCCCN1C=C(c2ccccc2)N(c2ccccc2)C1c1ccccc1. The van der Waals surface area contributed by atoms with Crippen LogP contribution >= 0.6 is 0 Å². The third-order valence-corrected chi connectivity index (χ3v) is 6.11. The largest absolute Gasteiger partial charge is 0.481 e. The van der Waals surface area contributed by atoms with E-state index in [0.29, 0.717) is 0 Å². The Balaban J connectivity index is 1.56. The van der Waals surface area contributed by atoms with E-state index in [1.54, 1.807) is 0 Å². The molecule has 1 aliphatic heterocycles. The van der Waals surface area contributed by atoms with Crippen molar-refractivity contribution in [2.75, 3.05) is 11.4 Å². The number of carboxylic acid groups (broad SMARTS) is 1. The molecule has 0 saturated carbocycles. The zero-order chi connectivity index (χ0) is 22.9. The molecule has 1 aliphatic rings. The quantitative estimate of drug-likeness (QED) is 0.328. The molecule has 1 N–H and O–H groups in total. The Morgan fingerprint density at radius 3 is 1.97 bits per heavy atom. The van der Waals surface area contributed by atoms with Gasteiger partial charge >= 0.3 is 5.97 Å². The molecule has 4 rings (SSSR count). The predicted molar refractivity (Wildman–Crippen MR) is 135 cm³/mol. The first-order chi connectivity index (χ1) is 16.2. The minimum Gasteiger partial charge on any atom is -0.481 e. The molecule has 33 heavy (non-hydrogen) atoms. The van der Waals surface area contributed by atoms with Gasteiger partial charge in [-0.15, -0.1) is 0 Å². The number of unbranched alkanes of at least 4 members (excludes halogenated alkanes) is 4. The molecule has 170 valence electrons. The first-order valence-corrected chi connectivity index (χ1v) is 11.9. The molecule has 0 fully saturated rings. The highest BCUT2D eigenvalue weighted by molar-refractivity contribution is 5.82. The lowest BCUT2D eigenvalue weighted by Crippen LogP contribution is -2.32.